The molecule has 0 atom stereocenters. The molecule has 1 aromatic heterocycles. The van der Waals surface area contributed by atoms with Crippen molar-refractivity contribution in [3.05, 3.63) is 18.2 Å². The summed E-state index contributed by atoms with van der Waals surface area (Å²) < 4.78 is 0. The predicted octanol–water partition coefficient (Wildman–Crippen LogP) is 1.32. The first-order valence-electron chi connectivity index (χ1n) is 3.13. The first kappa shape index (κ1) is 6.88. The normalized spacial score (nSPS) is 10.9. The molecule has 0 fully saturated rings. The van der Waals surface area contributed by atoms with Crippen LogP contribution in [0.5, 0.6) is 0 Å². The zero-order chi connectivity index (χ0) is 7.61. The summed E-state index contributed by atoms with van der Waals surface area (Å²) in [7, 11) is 0. The fraction of sp³-hybridized carbons (Fsp3) is 0.375. The van der Waals surface area contributed by atoms with Gasteiger partial charge in [0.15, 0.2) is 0 Å². The van der Waals surface area contributed by atoms with Crippen LogP contribution in [-0.4, -0.2) is 9.97 Å². The summed E-state index contributed by atoms with van der Waals surface area (Å²) in [6.45, 7) is 3.95. The lowest BCUT2D eigenvalue weighted by Crippen LogP contribution is -2.13. The number of terminal acetylenes is 1. The largest absolute Gasteiger partial charge is 0.347 e. The minimum absolute atomic E-state index is 0.226. The van der Waals surface area contributed by atoms with Gasteiger partial charge in [-0.1, -0.05) is 5.92 Å². The van der Waals surface area contributed by atoms with Gasteiger partial charge in [0, 0.05) is 6.20 Å². The number of hydrogen-bond donors (Lipinski definition) is 1. The van der Waals surface area contributed by atoms with Gasteiger partial charge in [0.1, 0.15) is 0 Å². The Hall–Kier alpha value is -1.23. The van der Waals surface area contributed by atoms with Gasteiger partial charge in [-0.15, -0.1) is 6.42 Å². The Kier molecular flexibility index (Phi) is 1.50. The third-order valence-electron chi connectivity index (χ3n) is 1.53. The second kappa shape index (κ2) is 2.18. The summed E-state index contributed by atoms with van der Waals surface area (Å²) in [6.07, 6.45) is 8.68. The lowest BCUT2D eigenvalue weighted by Gasteiger charge is -2.13. The van der Waals surface area contributed by atoms with Crippen LogP contribution in [0.3, 0.4) is 0 Å². The highest BCUT2D eigenvalue weighted by Gasteiger charge is 2.17. The molecule has 1 rings (SSSR count). The zero-order valence-electron chi connectivity index (χ0n) is 6.18. The second-order valence-electron chi connectivity index (χ2n) is 2.73. The molecule has 0 aliphatic carbocycles. The molecule has 0 saturated carbocycles. The van der Waals surface area contributed by atoms with Crippen molar-refractivity contribution in [2.75, 3.05) is 0 Å². The van der Waals surface area contributed by atoms with E-state index in [0.29, 0.717) is 0 Å². The maximum absolute atomic E-state index is 5.30. The smallest absolute Gasteiger partial charge is 0.0922 e. The van der Waals surface area contributed by atoms with E-state index in [1.165, 1.54) is 0 Å². The first-order chi connectivity index (χ1) is 4.67. The number of aromatic nitrogens is 2. The quantitative estimate of drug-likeness (QED) is 0.576. The fourth-order valence-corrected chi connectivity index (χ4v) is 0.675. The number of rotatable bonds is 1. The van der Waals surface area contributed by atoms with E-state index in [1.54, 1.807) is 12.5 Å². The molecule has 2 heteroatoms. The van der Waals surface area contributed by atoms with Crippen LogP contribution in [-0.2, 0) is 5.41 Å². The standard InChI is InChI=1S/C8H10N2/c1-4-8(2,3)7-5-9-6-10-7/h1,5-6H,2-3H3,(H,9,10). The summed E-state index contributed by atoms with van der Waals surface area (Å²) in [5.74, 6) is 2.67. The maximum Gasteiger partial charge on any atom is 0.0922 e. The van der Waals surface area contributed by atoms with Gasteiger partial charge in [0.05, 0.1) is 17.4 Å². The van der Waals surface area contributed by atoms with E-state index in [0.717, 1.165) is 5.69 Å². The molecule has 0 bridgehead atoms. The van der Waals surface area contributed by atoms with Crippen molar-refractivity contribution in [3.63, 3.8) is 0 Å². The molecule has 1 N–H and O–H groups in total. The summed E-state index contributed by atoms with van der Waals surface area (Å²) in [5.41, 5.74) is 0.756. The minimum atomic E-state index is -0.226. The molecule has 1 aromatic rings. The fourth-order valence-electron chi connectivity index (χ4n) is 0.675. The van der Waals surface area contributed by atoms with Gasteiger partial charge in [-0.3, -0.25) is 0 Å². The van der Waals surface area contributed by atoms with E-state index in [2.05, 4.69) is 15.9 Å². The minimum Gasteiger partial charge on any atom is -0.347 e. The lowest BCUT2D eigenvalue weighted by molar-refractivity contribution is 0.676. The van der Waals surface area contributed by atoms with Crippen LogP contribution >= 0.6 is 0 Å². The highest BCUT2D eigenvalue weighted by molar-refractivity contribution is 5.23. The number of aromatic amines is 1. The van der Waals surface area contributed by atoms with Crippen molar-refractivity contribution in [3.8, 4) is 12.3 Å². The summed E-state index contributed by atoms with van der Waals surface area (Å²) in [6, 6.07) is 0. The summed E-state index contributed by atoms with van der Waals surface area (Å²) in [5, 5.41) is 0. The van der Waals surface area contributed by atoms with Gasteiger partial charge in [-0.25, -0.2) is 4.98 Å². The van der Waals surface area contributed by atoms with Crippen LogP contribution in [0, 0.1) is 12.3 Å². The zero-order valence-corrected chi connectivity index (χ0v) is 6.18. The molecule has 1 heterocycles. The number of H-pyrrole nitrogens is 1. The Morgan fingerprint density at radius 3 is 2.80 bits per heavy atom. The maximum atomic E-state index is 5.30. The van der Waals surface area contributed by atoms with Crippen molar-refractivity contribution < 1.29 is 0 Å². The van der Waals surface area contributed by atoms with Gasteiger partial charge >= 0.3 is 0 Å². The van der Waals surface area contributed by atoms with Gasteiger partial charge in [0.2, 0.25) is 0 Å². The van der Waals surface area contributed by atoms with Crippen molar-refractivity contribution in [1.82, 2.24) is 9.97 Å². The van der Waals surface area contributed by atoms with E-state index in [9.17, 15) is 0 Å². The number of hydrogen-bond acceptors (Lipinski definition) is 1. The number of nitrogens with zero attached hydrogens (tertiary/aromatic N) is 1. The van der Waals surface area contributed by atoms with Gasteiger partial charge in [-0.2, -0.15) is 0 Å². The van der Waals surface area contributed by atoms with Crippen LogP contribution in [0.1, 0.15) is 19.5 Å². The molecule has 0 spiro atoms. The van der Waals surface area contributed by atoms with Crippen molar-refractivity contribution in [2.24, 2.45) is 0 Å². The highest BCUT2D eigenvalue weighted by Crippen LogP contribution is 2.17. The Labute approximate surface area is 60.7 Å². The van der Waals surface area contributed by atoms with Gasteiger partial charge in [0.25, 0.3) is 0 Å². The molecule has 52 valence electrons. The van der Waals surface area contributed by atoms with Gasteiger partial charge in [-0.05, 0) is 13.8 Å². The van der Waals surface area contributed by atoms with Crippen LogP contribution in [0.2, 0.25) is 0 Å². The Morgan fingerprint density at radius 1 is 1.70 bits per heavy atom. The van der Waals surface area contributed by atoms with Crippen molar-refractivity contribution in [2.45, 2.75) is 19.3 Å². The first-order valence-corrected chi connectivity index (χ1v) is 3.13. The van der Waals surface area contributed by atoms with E-state index < -0.39 is 0 Å². The van der Waals surface area contributed by atoms with E-state index in [1.807, 2.05) is 13.8 Å². The van der Waals surface area contributed by atoms with Gasteiger partial charge < -0.3 is 4.98 Å². The average Bonchev–Trinajstić information content (AvgIpc) is 2.38. The molecule has 0 aliphatic rings. The highest BCUT2D eigenvalue weighted by atomic mass is 14.9. The number of imidazole rings is 1. The van der Waals surface area contributed by atoms with Crippen molar-refractivity contribution >= 4 is 0 Å². The molecule has 0 unspecified atom stereocenters. The molecular weight excluding hydrogens is 124 g/mol. The topological polar surface area (TPSA) is 28.7 Å². The molecule has 0 saturated heterocycles. The molecule has 0 aromatic carbocycles. The van der Waals surface area contributed by atoms with E-state index in [4.69, 9.17) is 6.42 Å². The van der Waals surface area contributed by atoms with Crippen LogP contribution < -0.4 is 0 Å². The number of nitrogens with one attached hydrogen (secondary N) is 1. The Balaban J connectivity index is 2.99. The van der Waals surface area contributed by atoms with E-state index in [-0.39, 0.29) is 5.41 Å². The summed E-state index contributed by atoms with van der Waals surface area (Å²) >= 11 is 0. The predicted molar refractivity (Wildman–Crippen MR) is 40.4 cm³/mol. The SMILES string of the molecule is C#CC(C)(C)c1cnc[nH]1. The van der Waals surface area contributed by atoms with Crippen LogP contribution in [0.25, 0.3) is 0 Å². The van der Waals surface area contributed by atoms with Crippen LogP contribution in [0.4, 0.5) is 0 Å². The third kappa shape index (κ3) is 1.03. The molecule has 10 heavy (non-hydrogen) atoms. The third-order valence-corrected chi connectivity index (χ3v) is 1.53. The average molecular weight is 134 g/mol. The molecule has 0 aliphatic heterocycles. The molecule has 0 amide bonds. The molecule has 2 nitrogen and oxygen atoms in total. The monoisotopic (exact) mass is 134 g/mol. The Bertz CT molecular complexity index is 239. The Morgan fingerprint density at radius 2 is 2.40 bits per heavy atom. The second-order valence-corrected chi connectivity index (χ2v) is 2.73. The van der Waals surface area contributed by atoms with Crippen LogP contribution in [0.15, 0.2) is 12.5 Å². The summed E-state index contributed by atoms with van der Waals surface area (Å²) in [4.78, 5) is 6.86. The van der Waals surface area contributed by atoms with Crippen molar-refractivity contribution in [1.29, 1.82) is 0 Å². The molecular formula is C8H10N2. The van der Waals surface area contributed by atoms with E-state index >= 15 is 0 Å². The lowest BCUT2D eigenvalue weighted by atomic mass is 9.91. The molecule has 0 radical (unpaired) electrons.